The number of rotatable bonds is 2. The van der Waals surface area contributed by atoms with Crippen LogP contribution in [0.5, 0.6) is 0 Å². The molecule has 0 aliphatic rings. The van der Waals surface area contributed by atoms with Crippen molar-refractivity contribution < 1.29 is 9.90 Å². The number of aromatic nitrogens is 1. The lowest BCUT2D eigenvalue weighted by Gasteiger charge is -2.02. The molecular formula is C9H13NO2. The summed E-state index contributed by atoms with van der Waals surface area (Å²) in [6, 6.07) is 1.71. The summed E-state index contributed by atoms with van der Waals surface area (Å²) < 4.78 is 1.73. The van der Waals surface area contributed by atoms with Gasteiger partial charge in [-0.25, -0.2) is 4.79 Å². The van der Waals surface area contributed by atoms with Crippen LogP contribution in [0.1, 0.15) is 28.7 Å². The lowest BCUT2D eigenvalue weighted by Crippen LogP contribution is -2.06. The Morgan fingerprint density at radius 2 is 2.25 bits per heavy atom. The average Bonchev–Trinajstić information content (AvgIpc) is 2.27. The zero-order valence-corrected chi connectivity index (χ0v) is 7.59. The van der Waals surface area contributed by atoms with E-state index in [0.29, 0.717) is 5.69 Å². The van der Waals surface area contributed by atoms with Crippen molar-refractivity contribution in [3.05, 3.63) is 23.0 Å². The molecule has 12 heavy (non-hydrogen) atoms. The lowest BCUT2D eigenvalue weighted by molar-refractivity contribution is 0.0686. The van der Waals surface area contributed by atoms with E-state index in [4.69, 9.17) is 5.11 Å². The Balaban J connectivity index is 3.26. The second-order valence-corrected chi connectivity index (χ2v) is 2.88. The van der Waals surface area contributed by atoms with Crippen molar-refractivity contribution in [2.24, 2.45) is 7.05 Å². The first-order valence-corrected chi connectivity index (χ1v) is 3.96. The molecule has 0 radical (unpaired) electrons. The summed E-state index contributed by atoms with van der Waals surface area (Å²) in [5.74, 6) is -0.861. The topological polar surface area (TPSA) is 42.2 Å². The van der Waals surface area contributed by atoms with E-state index in [9.17, 15) is 4.79 Å². The van der Waals surface area contributed by atoms with Crippen LogP contribution in [0.2, 0.25) is 0 Å². The molecule has 0 saturated heterocycles. The zero-order chi connectivity index (χ0) is 9.30. The van der Waals surface area contributed by atoms with Crippen LogP contribution in [0.15, 0.2) is 6.07 Å². The second kappa shape index (κ2) is 3.01. The van der Waals surface area contributed by atoms with E-state index in [0.717, 1.165) is 17.7 Å². The van der Waals surface area contributed by atoms with Crippen molar-refractivity contribution in [2.75, 3.05) is 0 Å². The van der Waals surface area contributed by atoms with Gasteiger partial charge in [-0.3, -0.25) is 0 Å². The maximum absolute atomic E-state index is 10.7. The minimum Gasteiger partial charge on any atom is -0.477 e. The molecule has 0 unspecified atom stereocenters. The monoisotopic (exact) mass is 167 g/mol. The number of hydrogen-bond acceptors (Lipinski definition) is 1. The highest BCUT2D eigenvalue weighted by atomic mass is 16.4. The molecule has 3 heteroatoms. The van der Waals surface area contributed by atoms with Crippen molar-refractivity contribution in [2.45, 2.75) is 20.3 Å². The zero-order valence-electron chi connectivity index (χ0n) is 7.59. The molecule has 0 fully saturated rings. The molecule has 0 bridgehead atoms. The van der Waals surface area contributed by atoms with Gasteiger partial charge in [0.25, 0.3) is 0 Å². The van der Waals surface area contributed by atoms with Gasteiger partial charge in [-0.15, -0.1) is 0 Å². The fourth-order valence-electron chi connectivity index (χ4n) is 1.52. The number of aryl methyl sites for hydroxylation is 1. The molecule has 0 spiro atoms. The van der Waals surface area contributed by atoms with Crippen molar-refractivity contribution in [3.63, 3.8) is 0 Å². The van der Waals surface area contributed by atoms with Crippen molar-refractivity contribution >= 4 is 5.97 Å². The van der Waals surface area contributed by atoms with E-state index in [2.05, 4.69) is 0 Å². The van der Waals surface area contributed by atoms with Crippen LogP contribution in [-0.4, -0.2) is 15.6 Å². The van der Waals surface area contributed by atoms with E-state index in [1.807, 2.05) is 13.8 Å². The summed E-state index contributed by atoms with van der Waals surface area (Å²) in [4.78, 5) is 10.7. The van der Waals surface area contributed by atoms with Gasteiger partial charge in [-0.2, -0.15) is 0 Å². The maximum atomic E-state index is 10.7. The van der Waals surface area contributed by atoms with Crippen molar-refractivity contribution in [1.82, 2.24) is 4.57 Å². The van der Waals surface area contributed by atoms with Gasteiger partial charge in [0.05, 0.1) is 0 Å². The molecular weight excluding hydrogens is 154 g/mol. The summed E-state index contributed by atoms with van der Waals surface area (Å²) >= 11 is 0. The van der Waals surface area contributed by atoms with Crippen LogP contribution in [0.4, 0.5) is 0 Å². The SMILES string of the molecule is CCc1c(C)cc(C(=O)O)n1C. The van der Waals surface area contributed by atoms with Crippen LogP contribution < -0.4 is 0 Å². The van der Waals surface area contributed by atoms with Gasteiger partial charge in [0.15, 0.2) is 0 Å². The summed E-state index contributed by atoms with van der Waals surface area (Å²) in [7, 11) is 1.79. The number of carbonyl (C=O) groups is 1. The highest BCUT2D eigenvalue weighted by molar-refractivity contribution is 5.86. The quantitative estimate of drug-likeness (QED) is 0.726. The molecule has 66 valence electrons. The fourth-order valence-corrected chi connectivity index (χ4v) is 1.52. The Kier molecular flexibility index (Phi) is 2.22. The standard InChI is InChI=1S/C9H13NO2/c1-4-7-6(2)5-8(9(11)12)10(7)3/h5H,4H2,1-3H3,(H,11,12). The Hall–Kier alpha value is -1.25. The third kappa shape index (κ3) is 1.22. The van der Waals surface area contributed by atoms with Crippen LogP contribution in [-0.2, 0) is 13.5 Å². The molecule has 1 N–H and O–H groups in total. The van der Waals surface area contributed by atoms with Crippen LogP contribution in [0, 0.1) is 6.92 Å². The first kappa shape index (κ1) is 8.84. The molecule has 0 atom stereocenters. The highest BCUT2D eigenvalue weighted by Crippen LogP contribution is 2.14. The average molecular weight is 167 g/mol. The Morgan fingerprint density at radius 3 is 2.50 bits per heavy atom. The van der Waals surface area contributed by atoms with Crippen LogP contribution in [0.3, 0.4) is 0 Å². The number of carboxylic acid groups (broad SMARTS) is 1. The van der Waals surface area contributed by atoms with Gasteiger partial charge < -0.3 is 9.67 Å². The summed E-state index contributed by atoms with van der Waals surface area (Å²) in [6.45, 7) is 3.96. The summed E-state index contributed by atoms with van der Waals surface area (Å²) in [5, 5.41) is 8.78. The molecule has 0 amide bonds. The fraction of sp³-hybridized carbons (Fsp3) is 0.444. The van der Waals surface area contributed by atoms with Crippen molar-refractivity contribution in [3.8, 4) is 0 Å². The van der Waals surface area contributed by atoms with Gasteiger partial charge in [0.1, 0.15) is 5.69 Å². The highest BCUT2D eigenvalue weighted by Gasteiger charge is 2.12. The maximum Gasteiger partial charge on any atom is 0.352 e. The smallest absolute Gasteiger partial charge is 0.352 e. The van der Waals surface area contributed by atoms with Gasteiger partial charge >= 0.3 is 5.97 Å². The predicted octanol–water partition coefficient (Wildman–Crippen LogP) is 1.59. The number of nitrogens with zero attached hydrogens (tertiary/aromatic N) is 1. The van der Waals surface area contributed by atoms with Crippen LogP contribution >= 0.6 is 0 Å². The molecule has 0 saturated carbocycles. The lowest BCUT2D eigenvalue weighted by atomic mass is 10.2. The largest absolute Gasteiger partial charge is 0.477 e. The molecule has 0 aromatic carbocycles. The first-order chi connectivity index (χ1) is 5.57. The number of carboxylic acids is 1. The Labute approximate surface area is 71.6 Å². The van der Waals surface area contributed by atoms with Gasteiger partial charge in [-0.05, 0) is 25.0 Å². The summed E-state index contributed by atoms with van der Waals surface area (Å²) in [6.07, 6.45) is 0.871. The van der Waals surface area contributed by atoms with Crippen LogP contribution in [0.25, 0.3) is 0 Å². The summed E-state index contributed by atoms with van der Waals surface area (Å²) in [5.41, 5.74) is 2.51. The third-order valence-corrected chi connectivity index (χ3v) is 2.13. The predicted molar refractivity (Wildman–Crippen MR) is 46.5 cm³/mol. The van der Waals surface area contributed by atoms with Gasteiger partial charge in [0, 0.05) is 12.7 Å². The molecule has 3 nitrogen and oxygen atoms in total. The molecule has 1 aromatic rings. The minimum atomic E-state index is -0.861. The normalized spacial score (nSPS) is 10.2. The van der Waals surface area contributed by atoms with Gasteiger partial charge in [0.2, 0.25) is 0 Å². The molecule has 1 aromatic heterocycles. The van der Waals surface area contributed by atoms with E-state index in [1.54, 1.807) is 17.7 Å². The Bertz CT molecular complexity index is 313. The van der Waals surface area contributed by atoms with E-state index in [1.165, 1.54) is 0 Å². The van der Waals surface area contributed by atoms with Crippen molar-refractivity contribution in [1.29, 1.82) is 0 Å². The molecule has 1 heterocycles. The van der Waals surface area contributed by atoms with E-state index >= 15 is 0 Å². The molecule has 0 aliphatic carbocycles. The second-order valence-electron chi connectivity index (χ2n) is 2.88. The number of hydrogen-bond donors (Lipinski definition) is 1. The minimum absolute atomic E-state index is 0.365. The third-order valence-electron chi connectivity index (χ3n) is 2.13. The number of aromatic carboxylic acids is 1. The van der Waals surface area contributed by atoms with Gasteiger partial charge in [-0.1, -0.05) is 6.92 Å². The molecule has 0 aliphatic heterocycles. The first-order valence-electron chi connectivity index (χ1n) is 3.96. The van der Waals surface area contributed by atoms with E-state index < -0.39 is 5.97 Å². The molecule has 1 rings (SSSR count). The Morgan fingerprint density at radius 1 is 1.67 bits per heavy atom. The van der Waals surface area contributed by atoms with E-state index in [-0.39, 0.29) is 0 Å².